The Hall–Kier alpha value is -3.91. The number of methoxy groups -OCH3 is 1. The van der Waals surface area contributed by atoms with Crippen molar-refractivity contribution in [3.05, 3.63) is 88.8 Å². The van der Waals surface area contributed by atoms with Crippen molar-refractivity contribution >= 4 is 28.6 Å². The number of benzene rings is 2. The third kappa shape index (κ3) is 3.89. The summed E-state index contributed by atoms with van der Waals surface area (Å²) in [7, 11) is 1.62. The van der Waals surface area contributed by atoms with Gasteiger partial charge in [0.1, 0.15) is 5.75 Å². The zero-order valence-corrected chi connectivity index (χ0v) is 19.2. The molecule has 2 aromatic carbocycles. The molecule has 2 aromatic heterocycles. The fourth-order valence-corrected chi connectivity index (χ4v) is 4.63. The van der Waals surface area contributed by atoms with Gasteiger partial charge < -0.3 is 14.6 Å². The molecule has 5 rings (SSSR count). The van der Waals surface area contributed by atoms with E-state index < -0.39 is 6.04 Å². The number of hydrogen-bond donors (Lipinski definition) is 1. The van der Waals surface area contributed by atoms with Crippen LogP contribution in [0.2, 0.25) is 0 Å². The van der Waals surface area contributed by atoms with Crippen LogP contribution in [0, 0.1) is 6.92 Å². The molecule has 0 saturated heterocycles. The number of aryl methyl sites for hydroxylation is 1. The van der Waals surface area contributed by atoms with E-state index in [1.165, 1.54) is 0 Å². The summed E-state index contributed by atoms with van der Waals surface area (Å²) in [5.41, 5.74) is 4.19. The lowest BCUT2D eigenvalue weighted by molar-refractivity contribution is 0.244. The summed E-state index contributed by atoms with van der Waals surface area (Å²) in [6.07, 6.45) is 0. The van der Waals surface area contributed by atoms with Gasteiger partial charge in [0, 0.05) is 5.70 Å². The van der Waals surface area contributed by atoms with Crippen LogP contribution in [-0.2, 0) is 0 Å². The molecule has 1 N–H and O–H groups in total. The number of anilines is 1. The van der Waals surface area contributed by atoms with Gasteiger partial charge in [-0.15, -0.1) is 11.3 Å². The van der Waals surface area contributed by atoms with E-state index in [0.29, 0.717) is 11.7 Å². The highest BCUT2D eigenvalue weighted by molar-refractivity contribution is 7.13. The van der Waals surface area contributed by atoms with Gasteiger partial charge >= 0.3 is 6.03 Å². The number of carbonyl (C=O) groups is 1. The quantitative estimate of drug-likeness (QED) is 0.408. The van der Waals surface area contributed by atoms with Crippen molar-refractivity contribution in [2.45, 2.75) is 19.9 Å². The largest absolute Gasteiger partial charge is 0.497 e. The molecular formula is C25H22N4O3S. The lowest BCUT2D eigenvalue weighted by Gasteiger charge is -2.35. The standard InChI is InChI=1S/C25H22N4O3S/c1-15-6-4-7-18(14-15)29-16(2)21(24-27-23(28-32-24)20-8-5-13-33-20)22(26-25(29)30)17-9-11-19(31-3)12-10-17/h4-14,22H,1-3H3,(H,26,30). The van der Waals surface area contributed by atoms with Crippen molar-refractivity contribution in [2.75, 3.05) is 12.0 Å². The number of hydrogen-bond acceptors (Lipinski definition) is 6. The summed E-state index contributed by atoms with van der Waals surface area (Å²) in [6, 6.07) is 18.6. The van der Waals surface area contributed by atoms with Crippen LogP contribution in [0.1, 0.15) is 30.0 Å². The molecule has 7 nitrogen and oxygen atoms in total. The molecule has 8 heteroatoms. The van der Waals surface area contributed by atoms with E-state index in [1.54, 1.807) is 23.3 Å². The highest BCUT2D eigenvalue weighted by Crippen LogP contribution is 2.39. The summed E-state index contributed by atoms with van der Waals surface area (Å²) in [6.45, 7) is 3.90. The first-order valence-corrected chi connectivity index (χ1v) is 11.3. The monoisotopic (exact) mass is 458 g/mol. The molecule has 1 aliphatic rings. The van der Waals surface area contributed by atoms with Crippen molar-refractivity contribution in [3.63, 3.8) is 0 Å². The molecule has 4 aromatic rings. The normalized spacial score (nSPS) is 16.2. The third-order valence-corrected chi connectivity index (χ3v) is 6.46. The predicted octanol–water partition coefficient (Wildman–Crippen LogP) is 5.82. The number of rotatable bonds is 5. The van der Waals surface area contributed by atoms with Gasteiger partial charge in [0.15, 0.2) is 0 Å². The average molecular weight is 459 g/mol. The van der Waals surface area contributed by atoms with Gasteiger partial charge in [-0.25, -0.2) is 4.79 Å². The molecule has 166 valence electrons. The maximum Gasteiger partial charge on any atom is 0.326 e. The Morgan fingerprint density at radius 1 is 1.09 bits per heavy atom. The molecule has 0 aliphatic carbocycles. The van der Waals surface area contributed by atoms with Gasteiger partial charge in [-0.05, 0) is 60.7 Å². The van der Waals surface area contributed by atoms with Crippen LogP contribution in [0.4, 0.5) is 10.5 Å². The minimum atomic E-state index is -0.457. The van der Waals surface area contributed by atoms with E-state index in [1.807, 2.05) is 79.9 Å². The van der Waals surface area contributed by atoms with Crippen molar-refractivity contribution in [1.29, 1.82) is 0 Å². The minimum Gasteiger partial charge on any atom is -0.497 e. The summed E-state index contributed by atoms with van der Waals surface area (Å²) >= 11 is 1.54. The Morgan fingerprint density at radius 3 is 2.61 bits per heavy atom. The second kappa shape index (κ2) is 8.55. The van der Waals surface area contributed by atoms with E-state index in [9.17, 15) is 4.79 Å². The maximum absolute atomic E-state index is 13.3. The lowest BCUT2D eigenvalue weighted by Crippen LogP contribution is -2.46. The van der Waals surface area contributed by atoms with Crippen molar-refractivity contribution in [3.8, 4) is 16.5 Å². The fraction of sp³-hybridized carbons (Fsp3) is 0.160. The number of ether oxygens (including phenoxy) is 1. The number of allylic oxidation sites excluding steroid dienone is 1. The number of thiophene rings is 1. The Morgan fingerprint density at radius 2 is 1.91 bits per heavy atom. The van der Waals surface area contributed by atoms with Gasteiger partial charge in [-0.3, -0.25) is 4.90 Å². The summed E-state index contributed by atoms with van der Waals surface area (Å²) in [5.74, 6) is 1.63. The van der Waals surface area contributed by atoms with E-state index >= 15 is 0 Å². The molecule has 0 spiro atoms. The van der Waals surface area contributed by atoms with Crippen molar-refractivity contribution in [2.24, 2.45) is 0 Å². The molecule has 0 radical (unpaired) electrons. The Bertz CT molecular complexity index is 1330. The molecule has 3 heterocycles. The second-order valence-corrected chi connectivity index (χ2v) is 8.68. The van der Waals surface area contributed by atoms with Crippen LogP contribution in [0.5, 0.6) is 5.75 Å². The SMILES string of the molecule is COc1ccc(C2NC(=O)N(c3cccc(C)c3)C(C)=C2c2nc(-c3cccs3)no2)cc1. The van der Waals surface area contributed by atoms with Gasteiger partial charge in [0.2, 0.25) is 5.82 Å². The van der Waals surface area contributed by atoms with Crippen LogP contribution < -0.4 is 15.0 Å². The molecule has 33 heavy (non-hydrogen) atoms. The van der Waals surface area contributed by atoms with Crippen LogP contribution in [0.25, 0.3) is 16.3 Å². The summed E-state index contributed by atoms with van der Waals surface area (Å²) < 4.78 is 11.0. The van der Waals surface area contributed by atoms with E-state index in [-0.39, 0.29) is 6.03 Å². The first-order chi connectivity index (χ1) is 16.0. The molecule has 0 saturated carbocycles. The van der Waals surface area contributed by atoms with Gasteiger partial charge in [0.05, 0.1) is 29.3 Å². The number of urea groups is 1. The molecule has 0 bridgehead atoms. The highest BCUT2D eigenvalue weighted by Gasteiger charge is 2.36. The lowest BCUT2D eigenvalue weighted by atomic mass is 9.94. The smallest absolute Gasteiger partial charge is 0.326 e. The van der Waals surface area contributed by atoms with Gasteiger partial charge in [-0.1, -0.05) is 35.5 Å². The fourth-order valence-electron chi connectivity index (χ4n) is 3.98. The molecule has 0 fully saturated rings. The number of carbonyl (C=O) groups excluding carboxylic acids is 1. The van der Waals surface area contributed by atoms with Crippen molar-refractivity contribution < 1.29 is 14.1 Å². The summed E-state index contributed by atoms with van der Waals surface area (Å²) in [4.78, 5) is 20.5. The van der Waals surface area contributed by atoms with E-state index in [0.717, 1.165) is 38.7 Å². The molecule has 1 unspecified atom stereocenters. The van der Waals surface area contributed by atoms with Gasteiger partial charge in [0.25, 0.3) is 5.89 Å². The highest BCUT2D eigenvalue weighted by atomic mass is 32.1. The number of nitrogens with zero attached hydrogens (tertiary/aromatic N) is 3. The number of nitrogens with one attached hydrogen (secondary N) is 1. The summed E-state index contributed by atoms with van der Waals surface area (Å²) in [5, 5.41) is 9.29. The van der Waals surface area contributed by atoms with Crippen molar-refractivity contribution in [1.82, 2.24) is 15.5 Å². The van der Waals surface area contributed by atoms with E-state index in [4.69, 9.17) is 9.26 Å². The predicted molar refractivity (Wildman–Crippen MR) is 128 cm³/mol. The van der Waals surface area contributed by atoms with Crippen LogP contribution in [0.15, 0.2) is 76.3 Å². The molecule has 1 aliphatic heterocycles. The maximum atomic E-state index is 13.3. The third-order valence-electron chi connectivity index (χ3n) is 5.59. The van der Waals surface area contributed by atoms with E-state index in [2.05, 4.69) is 15.5 Å². The van der Waals surface area contributed by atoms with Gasteiger partial charge in [-0.2, -0.15) is 4.98 Å². The molecular weight excluding hydrogens is 436 g/mol. The Kier molecular flexibility index (Phi) is 5.43. The zero-order valence-electron chi connectivity index (χ0n) is 18.4. The molecule has 2 amide bonds. The zero-order chi connectivity index (χ0) is 22.9. The van der Waals surface area contributed by atoms with Crippen LogP contribution in [-0.4, -0.2) is 23.3 Å². The van der Waals surface area contributed by atoms with Crippen LogP contribution >= 0.6 is 11.3 Å². The Labute approximate surface area is 195 Å². The topological polar surface area (TPSA) is 80.5 Å². The first-order valence-electron chi connectivity index (χ1n) is 10.4. The minimum absolute atomic E-state index is 0.222. The first kappa shape index (κ1) is 21.0. The van der Waals surface area contributed by atoms with Crippen LogP contribution in [0.3, 0.4) is 0 Å². The number of amides is 2. The molecule has 1 atom stereocenters. The number of aromatic nitrogens is 2. The Balaban J connectivity index is 1.65. The average Bonchev–Trinajstić information content (AvgIpc) is 3.51. The second-order valence-electron chi connectivity index (χ2n) is 7.73.